The fourth-order valence-corrected chi connectivity index (χ4v) is 7.41. The molecule has 0 amide bonds. The molecule has 6 rings (SSSR count). The van der Waals surface area contributed by atoms with Gasteiger partial charge in [-0.25, -0.2) is 16.8 Å². The van der Waals surface area contributed by atoms with Crippen LogP contribution >= 0.6 is 0 Å². The van der Waals surface area contributed by atoms with Gasteiger partial charge in [0.2, 0.25) is 35.7 Å². The van der Waals surface area contributed by atoms with Crippen LogP contribution in [0.5, 0.6) is 0 Å². The molecular formula is C40H42N12Na2O10S2. The molecule has 8 N–H and O–H groups in total. The van der Waals surface area contributed by atoms with Gasteiger partial charge in [0.25, 0.3) is 0 Å². The average molecular weight is 961 g/mol. The molecule has 0 atom stereocenters. The van der Waals surface area contributed by atoms with Gasteiger partial charge in [0.1, 0.15) is 20.2 Å². The minimum atomic E-state index is -5.17. The Balaban J connectivity index is 0.00000476. The minimum absolute atomic E-state index is 0. The molecule has 0 spiro atoms. The van der Waals surface area contributed by atoms with Crippen LogP contribution in [0.25, 0.3) is 12.2 Å². The monoisotopic (exact) mass is 960 g/mol. The van der Waals surface area contributed by atoms with Gasteiger partial charge in [0, 0.05) is 48.9 Å². The van der Waals surface area contributed by atoms with Crippen molar-refractivity contribution in [1.82, 2.24) is 29.9 Å². The van der Waals surface area contributed by atoms with Crippen LogP contribution in [-0.2, 0) is 20.2 Å². The summed E-state index contributed by atoms with van der Waals surface area (Å²) in [5.74, 6) is 0.0621. The van der Waals surface area contributed by atoms with E-state index < -0.39 is 30.0 Å². The van der Waals surface area contributed by atoms with Crippen LogP contribution in [0.2, 0.25) is 0 Å². The number of hydrogen-bond donors (Lipinski definition) is 8. The summed E-state index contributed by atoms with van der Waals surface area (Å²) in [6, 6.07) is 25.2. The van der Waals surface area contributed by atoms with Crippen LogP contribution < -0.4 is 90.2 Å². The predicted molar refractivity (Wildman–Crippen MR) is 236 cm³/mol. The average Bonchev–Trinajstić information content (AvgIpc) is 3.26. The van der Waals surface area contributed by atoms with Crippen molar-refractivity contribution in [2.45, 2.75) is 9.79 Å². The maximum atomic E-state index is 12.6. The molecule has 0 unspecified atom stereocenters. The summed E-state index contributed by atoms with van der Waals surface area (Å²) in [4.78, 5) is 27.9. The number of rotatable bonds is 22. The van der Waals surface area contributed by atoms with Crippen molar-refractivity contribution in [3.8, 4) is 0 Å². The quantitative estimate of drug-likeness (QED) is 0.0187. The molecule has 26 heteroatoms. The molecular weight excluding hydrogens is 919 g/mol. The van der Waals surface area contributed by atoms with Gasteiger partial charge in [-0.15, -0.1) is 0 Å². The van der Waals surface area contributed by atoms with Crippen LogP contribution in [0.1, 0.15) is 11.1 Å². The van der Waals surface area contributed by atoms with Gasteiger partial charge in [-0.05, 0) is 59.7 Å². The minimum Gasteiger partial charge on any atom is -0.744 e. The first-order chi connectivity index (χ1) is 30.8. The Morgan fingerprint density at radius 1 is 0.455 bits per heavy atom. The second kappa shape index (κ2) is 25.3. The van der Waals surface area contributed by atoms with Gasteiger partial charge in [0.15, 0.2) is 0 Å². The van der Waals surface area contributed by atoms with E-state index in [0.29, 0.717) is 11.4 Å². The number of anilines is 10. The summed E-state index contributed by atoms with van der Waals surface area (Å²) in [5, 5.41) is 50.3. The third-order valence-corrected chi connectivity index (χ3v) is 10.7. The summed E-state index contributed by atoms with van der Waals surface area (Å²) in [6.07, 6.45) is 2.32. The van der Waals surface area contributed by atoms with Crippen molar-refractivity contribution in [3.05, 3.63) is 108 Å². The SMILES string of the molecule is O=S(=O)([O-])c1cc(Nc2nc(Nc3ccccc3)nc(N(CCO)CCO)n2)ccc1C=Cc1ccc(Nc2nc(Nc3ccccc3)nc(N(CCO)CCO)n2)cc1S(=O)(=O)[O-].[Na+].[Na+]. The zero-order valence-electron chi connectivity index (χ0n) is 35.7. The molecule has 2 heterocycles. The van der Waals surface area contributed by atoms with Gasteiger partial charge >= 0.3 is 59.1 Å². The summed E-state index contributed by atoms with van der Waals surface area (Å²) < 4.78 is 75.6. The Hall–Kier alpha value is -4.90. The van der Waals surface area contributed by atoms with Crippen LogP contribution in [-0.4, -0.2) is 129 Å². The van der Waals surface area contributed by atoms with E-state index in [1.54, 1.807) is 48.5 Å². The van der Waals surface area contributed by atoms with Crippen molar-refractivity contribution < 1.29 is 105 Å². The van der Waals surface area contributed by atoms with E-state index in [2.05, 4.69) is 51.2 Å². The van der Waals surface area contributed by atoms with Crippen LogP contribution in [0.3, 0.4) is 0 Å². The Kier molecular flexibility index (Phi) is 20.6. The van der Waals surface area contributed by atoms with Crippen molar-refractivity contribution in [3.63, 3.8) is 0 Å². The van der Waals surface area contributed by atoms with E-state index in [4.69, 9.17) is 0 Å². The molecule has 4 aromatic carbocycles. The molecule has 0 saturated heterocycles. The largest absolute Gasteiger partial charge is 1.00 e. The van der Waals surface area contributed by atoms with E-state index in [-0.39, 0.29) is 170 Å². The summed E-state index contributed by atoms with van der Waals surface area (Å²) in [6.45, 7) is -0.886. The molecule has 22 nitrogen and oxygen atoms in total. The molecule has 336 valence electrons. The molecule has 0 radical (unpaired) electrons. The van der Waals surface area contributed by atoms with Gasteiger partial charge < -0.3 is 60.6 Å². The molecule has 0 fully saturated rings. The predicted octanol–water partition coefficient (Wildman–Crippen LogP) is -3.40. The fourth-order valence-electron chi connectivity index (χ4n) is 6.01. The first-order valence-electron chi connectivity index (χ1n) is 19.3. The normalized spacial score (nSPS) is 11.3. The zero-order chi connectivity index (χ0) is 45.7. The topological polar surface area (TPSA) is 327 Å². The van der Waals surface area contributed by atoms with E-state index in [9.17, 15) is 46.4 Å². The number of hydrogen-bond acceptors (Lipinski definition) is 22. The van der Waals surface area contributed by atoms with Gasteiger partial charge in [0.05, 0.1) is 36.2 Å². The van der Waals surface area contributed by atoms with Crippen molar-refractivity contribution in [1.29, 1.82) is 0 Å². The third kappa shape index (κ3) is 15.3. The molecule has 0 aliphatic heterocycles. The Morgan fingerprint density at radius 3 is 1.05 bits per heavy atom. The second-order valence-corrected chi connectivity index (χ2v) is 16.1. The standard InChI is InChI=1S/C40H44N12O10S2.2Na/c53-21-17-51(18-22-54)39-47-35(41-29-7-3-1-4-8-29)45-37(49-39)43-31-15-13-27(33(25-31)63(57,58)59)11-12-28-14-16-32(26-34(28)64(60,61)62)44-38-46-36(42-30-9-5-2-6-10-30)48-40(50-38)52(19-23-55)20-24-56;;/h1-16,25-26,53-56H,17-24H2,(H,57,58,59)(H,60,61,62)(H2,41,43,45,47,49)(H2,42,44,46,48,50);;/q;2*+1/p-2. The molecule has 0 aliphatic carbocycles. The van der Waals surface area contributed by atoms with Crippen molar-refractivity contribution in [2.24, 2.45) is 0 Å². The molecule has 0 aliphatic rings. The number of aliphatic hydroxyl groups is 4. The van der Waals surface area contributed by atoms with E-state index in [1.807, 2.05) is 12.1 Å². The van der Waals surface area contributed by atoms with Gasteiger partial charge in [-0.1, -0.05) is 60.7 Å². The van der Waals surface area contributed by atoms with E-state index in [0.717, 1.165) is 24.3 Å². The summed E-state index contributed by atoms with van der Waals surface area (Å²) in [7, 11) is -10.3. The number of benzene rings is 4. The van der Waals surface area contributed by atoms with E-state index in [1.165, 1.54) is 34.1 Å². The van der Waals surface area contributed by atoms with Crippen molar-refractivity contribution >= 4 is 90.8 Å². The Labute approximate surface area is 424 Å². The smallest absolute Gasteiger partial charge is 0.744 e. The number of nitrogens with one attached hydrogen (secondary N) is 4. The van der Waals surface area contributed by atoms with Crippen LogP contribution in [0.15, 0.2) is 107 Å². The van der Waals surface area contributed by atoms with Crippen LogP contribution in [0.4, 0.5) is 58.4 Å². The van der Waals surface area contributed by atoms with Crippen LogP contribution in [0, 0.1) is 0 Å². The molecule has 0 saturated carbocycles. The Bertz CT molecular complexity index is 2590. The number of para-hydroxylation sites is 2. The maximum absolute atomic E-state index is 12.6. The second-order valence-electron chi connectivity index (χ2n) is 13.4. The number of aromatic nitrogens is 6. The molecule has 66 heavy (non-hydrogen) atoms. The number of nitrogens with zero attached hydrogens (tertiary/aromatic N) is 8. The van der Waals surface area contributed by atoms with Crippen molar-refractivity contribution in [2.75, 3.05) is 83.7 Å². The van der Waals surface area contributed by atoms with Gasteiger partial charge in [-0.2, -0.15) is 29.9 Å². The molecule has 2 aromatic heterocycles. The first-order valence-corrected chi connectivity index (χ1v) is 22.1. The zero-order valence-corrected chi connectivity index (χ0v) is 41.3. The molecule has 6 aromatic rings. The summed E-state index contributed by atoms with van der Waals surface area (Å²) in [5.41, 5.74) is 1.07. The summed E-state index contributed by atoms with van der Waals surface area (Å²) >= 11 is 0. The molecule has 0 bridgehead atoms. The van der Waals surface area contributed by atoms with E-state index >= 15 is 0 Å². The van der Waals surface area contributed by atoms with Gasteiger partial charge in [-0.3, -0.25) is 0 Å². The maximum Gasteiger partial charge on any atom is 1.00 e. The first kappa shape index (κ1) is 53.7. The Morgan fingerprint density at radius 2 is 0.758 bits per heavy atom. The third-order valence-electron chi connectivity index (χ3n) is 8.87. The number of aliphatic hydroxyl groups excluding tert-OH is 4. The fraction of sp³-hybridized carbons (Fsp3) is 0.200.